The predicted octanol–water partition coefficient (Wildman–Crippen LogP) is 4.55. The topological polar surface area (TPSA) is 43.1 Å². The summed E-state index contributed by atoms with van der Waals surface area (Å²) in [7, 11) is 0. The van der Waals surface area contributed by atoms with Gasteiger partial charge in [-0.25, -0.2) is 0 Å². The SMILES string of the molecule is O=[N+]([O-])c1ccc2sc3cccc4ccc1c2c43. The van der Waals surface area contributed by atoms with E-state index in [1.807, 2.05) is 30.3 Å². The maximum absolute atomic E-state index is 11.1. The zero-order chi connectivity index (χ0) is 12.3. The summed E-state index contributed by atoms with van der Waals surface area (Å²) in [5.74, 6) is 0. The zero-order valence-electron chi connectivity index (χ0n) is 9.21. The van der Waals surface area contributed by atoms with Crippen LogP contribution in [0.5, 0.6) is 0 Å². The molecule has 3 nitrogen and oxygen atoms in total. The van der Waals surface area contributed by atoms with Gasteiger partial charge in [0.25, 0.3) is 5.69 Å². The van der Waals surface area contributed by atoms with Crippen LogP contribution in [0.25, 0.3) is 30.9 Å². The van der Waals surface area contributed by atoms with Crippen LogP contribution in [0.3, 0.4) is 0 Å². The molecule has 18 heavy (non-hydrogen) atoms. The Morgan fingerprint density at radius 3 is 2.61 bits per heavy atom. The lowest BCUT2D eigenvalue weighted by Gasteiger charge is -2.02. The molecule has 0 radical (unpaired) electrons. The van der Waals surface area contributed by atoms with Gasteiger partial charge in [0.1, 0.15) is 0 Å². The van der Waals surface area contributed by atoms with Gasteiger partial charge in [-0.3, -0.25) is 10.1 Å². The molecule has 4 heteroatoms. The maximum Gasteiger partial charge on any atom is 0.277 e. The van der Waals surface area contributed by atoms with E-state index in [2.05, 4.69) is 6.07 Å². The van der Waals surface area contributed by atoms with Crippen LogP contribution in [0.4, 0.5) is 5.69 Å². The van der Waals surface area contributed by atoms with Crippen molar-refractivity contribution < 1.29 is 4.92 Å². The summed E-state index contributed by atoms with van der Waals surface area (Å²) < 4.78 is 2.30. The molecule has 4 rings (SSSR count). The average Bonchev–Trinajstić information content (AvgIpc) is 2.75. The number of thiophene rings is 1. The first-order valence-corrected chi connectivity index (χ1v) is 6.38. The summed E-state index contributed by atoms with van der Waals surface area (Å²) in [5, 5.41) is 15.1. The average molecular weight is 253 g/mol. The van der Waals surface area contributed by atoms with Crippen LogP contribution in [0.15, 0.2) is 42.5 Å². The van der Waals surface area contributed by atoms with Crippen molar-refractivity contribution in [1.82, 2.24) is 0 Å². The molecule has 86 valence electrons. The molecule has 0 aliphatic rings. The molecule has 0 spiro atoms. The maximum atomic E-state index is 11.1. The number of nitro benzene ring substituents is 1. The van der Waals surface area contributed by atoms with Gasteiger partial charge in [-0.2, -0.15) is 0 Å². The molecule has 0 fully saturated rings. The Morgan fingerprint density at radius 2 is 1.78 bits per heavy atom. The third kappa shape index (κ3) is 1.08. The largest absolute Gasteiger partial charge is 0.277 e. The van der Waals surface area contributed by atoms with Crippen LogP contribution in [0, 0.1) is 10.1 Å². The molecule has 0 aliphatic heterocycles. The van der Waals surface area contributed by atoms with Crippen LogP contribution >= 0.6 is 11.3 Å². The Kier molecular flexibility index (Phi) is 1.73. The van der Waals surface area contributed by atoms with Crippen LogP contribution in [-0.2, 0) is 0 Å². The molecule has 0 unspecified atom stereocenters. The van der Waals surface area contributed by atoms with Crippen molar-refractivity contribution in [2.45, 2.75) is 0 Å². The number of hydrogen-bond acceptors (Lipinski definition) is 3. The molecule has 3 aromatic carbocycles. The lowest BCUT2D eigenvalue weighted by Crippen LogP contribution is -1.89. The van der Waals surface area contributed by atoms with Crippen molar-refractivity contribution in [3.63, 3.8) is 0 Å². The second kappa shape index (κ2) is 3.17. The standard InChI is InChI=1S/C14H7NO2S/c16-15(17)10-6-7-12-14-9(10)5-4-8-2-1-3-11(18-12)13(8)14/h1-7H. The minimum Gasteiger partial charge on any atom is -0.258 e. The number of benzene rings is 3. The Balaban J connectivity index is 2.38. The van der Waals surface area contributed by atoms with Crippen molar-refractivity contribution in [3.8, 4) is 0 Å². The Labute approximate surface area is 106 Å². The van der Waals surface area contributed by atoms with E-state index < -0.39 is 0 Å². The summed E-state index contributed by atoms with van der Waals surface area (Å²) >= 11 is 1.69. The first-order chi connectivity index (χ1) is 8.75. The fourth-order valence-corrected chi connectivity index (χ4v) is 3.75. The molecule has 1 aromatic heterocycles. The van der Waals surface area contributed by atoms with Gasteiger partial charge >= 0.3 is 0 Å². The fourth-order valence-electron chi connectivity index (χ4n) is 2.59. The molecule has 0 bridgehead atoms. The van der Waals surface area contributed by atoms with E-state index in [4.69, 9.17) is 0 Å². The van der Waals surface area contributed by atoms with Crippen molar-refractivity contribution in [2.75, 3.05) is 0 Å². The minimum atomic E-state index is -0.309. The van der Waals surface area contributed by atoms with Crippen LogP contribution in [0.1, 0.15) is 0 Å². The zero-order valence-corrected chi connectivity index (χ0v) is 10.0. The summed E-state index contributed by atoms with van der Waals surface area (Å²) in [6.07, 6.45) is 0. The molecule has 0 N–H and O–H groups in total. The van der Waals surface area contributed by atoms with E-state index in [1.165, 1.54) is 4.70 Å². The third-order valence-electron chi connectivity index (χ3n) is 3.34. The smallest absolute Gasteiger partial charge is 0.258 e. The van der Waals surface area contributed by atoms with E-state index >= 15 is 0 Å². The predicted molar refractivity (Wildman–Crippen MR) is 74.7 cm³/mol. The first-order valence-electron chi connectivity index (χ1n) is 5.56. The summed E-state index contributed by atoms with van der Waals surface area (Å²) in [4.78, 5) is 10.8. The molecular formula is C14H7NO2S. The molecule has 0 aliphatic carbocycles. The summed E-state index contributed by atoms with van der Waals surface area (Å²) in [6, 6.07) is 13.4. The molecule has 0 saturated heterocycles. The van der Waals surface area contributed by atoms with Gasteiger partial charge in [-0.15, -0.1) is 11.3 Å². The van der Waals surface area contributed by atoms with Gasteiger partial charge in [0.15, 0.2) is 0 Å². The third-order valence-corrected chi connectivity index (χ3v) is 4.46. The van der Waals surface area contributed by atoms with Gasteiger partial charge in [0.05, 0.1) is 10.3 Å². The molecule has 1 heterocycles. The van der Waals surface area contributed by atoms with Crippen LogP contribution in [0.2, 0.25) is 0 Å². The van der Waals surface area contributed by atoms with Crippen LogP contribution in [-0.4, -0.2) is 4.92 Å². The normalized spacial score (nSPS) is 11.8. The highest BCUT2D eigenvalue weighted by Crippen LogP contribution is 2.43. The van der Waals surface area contributed by atoms with E-state index in [0.29, 0.717) is 0 Å². The quantitative estimate of drug-likeness (QED) is 0.283. The minimum absolute atomic E-state index is 0.188. The van der Waals surface area contributed by atoms with Gasteiger partial charge < -0.3 is 0 Å². The van der Waals surface area contributed by atoms with Crippen LogP contribution < -0.4 is 0 Å². The number of nitrogens with zero attached hydrogens (tertiary/aromatic N) is 1. The Hall–Kier alpha value is -2.20. The molecule has 4 aromatic rings. The second-order valence-electron chi connectivity index (χ2n) is 4.28. The lowest BCUT2D eigenvalue weighted by atomic mass is 10.0. The van der Waals surface area contributed by atoms with Crippen molar-refractivity contribution in [2.24, 2.45) is 0 Å². The van der Waals surface area contributed by atoms with Gasteiger partial charge in [-0.1, -0.05) is 18.2 Å². The van der Waals surface area contributed by atoms with Crippen molar-refractivity contribution in [3.05, 3.63) is 52.6 Å². The fraction of sp³-hybridized carbons (Fsp3) is 0. The highest BCUT2D eigenvalue weighted by atomic mass is 32.1. The Bertz CT molecular complexity index is 910. The number of rotatable bonds is 1. The molecule has 0 atom stereocenters. The highest BCUT2D eigenvalue weighted by Gasteiger charge is 2.18. The Morgan fingerprint density at radius 1 is 0.944 bits per heavy atom. The molecule has 0 saturated carbocycles. The lowest BCUT2D eigenvalue weighted by molar-refractivity contribution is -0.383. The first kappa shape index (κ1) is 9.79. The summed E-state index contributed by atoms with van der Waals surface area (Å²) in [5.41, 5.74) is 0.188. The van der Waals surface area contributed by atoms with Crippen molar-refractivity contribution >= 4 is 48.0 Å². The number of hydrogen-bond donors (Lipinski definition) is 0. The van der Waals surface area contributed by atoms with Gasteiger partial charge in [0.2, 0.25) is 0 Å². The van der Waals surface area contributed by atoms with E-state index in [1.54, 1.807) is 17.4 Å². The van der Waals surface area contributed by atoms with E-state index in [-0.39, 0.29) is 10.6 Å². The van der Waals surface area contributed by atoms with Gasteiger partial charge in [0, 0.05) is 26.2 Å². The molecular weight excluding hydrogens is 246 g/mol. The summed E-state index contributed by atoms with van der Waals surface area (Å²) in [6.45, 7) is 0. The monoisotopic (exact) mass is 253 g/mol. The van der Waals surface area contributed by atoms with E-state index in [9.17, 15) is 10.1 Å². The number of non-ortho nitro benzene ring substituents is 1. The van der Waals surface area contributed by atoms with Crippen molar-refractivity contribution in [1.29, 1.82) is 0 Å². The molecule has 0 amide bonds. The highest BCUT2D eigenvalue weighted by molar-refractivity contribution is 7.26. The van der Waals surface area contributed by atoms with E-state index in [0.717, 1.165) is 26.2 Å². The van der Waals surface area contributed by atoms with Gasteiger partial charge in [-0.05, 0) is 23.6 Å². The number of nitro groups is 1. The second-order valence-corrected chi connectivity index (χ2v) is 5.37.